The van der Waals surface area contributed by atoms with Gasteiger partial charge in [-0.3, -0.25) is 0 Å². The van der Waals surface area contributed by atoms with E-state index in [1.165, 1.54) is 91.9 Å². The molecule has 2 heterocycles. The zero-order chi connectivity index (χ0) is 30.0. The molecule has 232 valence electrons. The van der Waals surface area contributed by atoms with Crippen molar-refractivity contribution in [2.24, 2.45) is 5.92 Å². The molecule has 0 radical (unpaired) electrons. The minimum atomic E-state index is 0.771. The van der Waals surface area contributed by atoms with Crippen LogP contribution in [0.1, 0.15) is 61.6 Å². The van der Waals surface area contributed by atoms with E-state index in [1.807, 2.05) is 30.1 Å². The number of hydrogen-bond donors (Lipinski definition) is 0. The Morgan fingerprint density at radius 2 is 1.51 bits per heavy atom. The van der Waals surface area contributed by atoms with Crippen LogP contribution in [-0.4, -0.2) is 84.3 Å². The third-order valence-corrected chi connectivity index (χ3v) is 11.1. The van der Waals surface area contributed by atoms with Crippen molar-refractivity contribution >= 4 is 29.8 Å². The maximum atomic E-state index is 9.32. The standard InChI is InChI=1S/C35H50N6S2/c1-29-25-39(42-35-15-13-34(14-16-35)37(2)3)20-7-18-38(27-30-9-5-4-6-10-30)19-8-21-40(26-29)43-41-22-17-32-23-31(24-36)11-12-33(32)28-41/h11-16,23,30H,1,4-10,17-22,25-28H2,2-3H3. The first-order valence-corrected chi connectivity index (χ1v) is 17.7. The molecule has 8 heteroatoms. The number of hydrogen-bond acceptors (Lipinski definition) is 8. The third-order valence-electron chi connectivity index (χ3n) is 8.94. The second-order valence-corrected chi connectivity index (χ2v) is 15.1. The Bertz CT molecular complexity index is 1220. The first-order valence-electron chi connectivity index (χ1n) is 16.2. The number of nitrogens with zero attached hydrogens (tertiary/aromatic N) is 6. The molecule has 3 aliphatic rings. The lowest BCUT2D eigenvalue weighted by Crippen LogP contribution is -2.37. The molecule has 43 heavy (non-hydrogen) atoms. The zero-order valence-corrected chi connectivity index (χ0v) is 28.0. The first kappa shape index (κ1) is 32.4. The maximum absolute atomic E-state index is 9.32. The number of nitriles is 1. The number of rotatable bonds is 7. The van der Waals surface area contributed by atoms with Crippen LogP contribution in [0.25, 0.3) is 0 Å². The quantitative estimate of drug-likeness (QED) is 0.241. The van der Waals surface area contributed by atoms with Crippen LogP contribution in [0, 0.1) is 17.2 Å². The van der Waals surface area contributed by atoms with E-state index >= 15 is 0 Å². The second-order valence-electron chi connectivity index (χ2n) is 12.8. The van der Waals surface area contributed by atoms with Gasteiger partial charge in [-0.1, -0.05) is 31.9 Å². The van der Waals surface area contributed by atoms with E-state index in [0.29, 0.717) is 0 Å². The average Bonchev–Trinajstić information content (AvgIpc) is 3.00. The van der Waals surface area contributed by atoms with Gasteiger partial charge in [0.15, 0.2) is 0 Å². The van der Waals surface area contributed by atoms with Gasteiger partial charge in [-0.2, -0.15) is 5.26 Å². The van der Waals surface area contributed by atoms with Crippen molar-refractivity contribution in [1.82, 2.24) is 17.8 Å². The zero-order valence-electron chi connectivity index (χ0n) is 26.3. The van der Waals surface area contributed by atoms with Gasteiger partial charge in [0, 0.05) is 82.6 Å². The lowest BCUT2D eigenvalue weighted by Gasteiger charge is -2.35. The predicted molar refractivity (Wildman–Crippen MR) is 184 cm³/mol. The van der Waals surface area contributed by atoms with Crippen LogP contribution in [0.3, 0.4) is 0 Å². The lowest BCUT2D eigenvalue weighted by molar-refractivity contribution is 0.189. The first-order chi connectivity index (χ1) is 20.9. The van der Waals surface area contributed by atoms with Crippen LogP contribution in [0.4, 0.5) is 5.69 Å². The minimum Gasteiger partial charge on any atom is -0.378 e. The van der Waals surface area contributed by atoms with Crippen molar-refractivity contribution in [3.63, 3.8) is 0 Å². The summed E-state index contributed by atoms with van der Waals surface area (Å²) in [7, 11) is 4.19. The molecule has 1 saturated carbocycles. The van der Waals surface area contributed by atoms with Gasteiger partial charge in [-0.25, -0.2) is 12.9 Å². The highest BCUT2D eigenvalue weighted by atomic mass is 32.2. The average molecular weight is 619 g/mol. The Labute approximate surface area is 269 Å². The van der Waals surface area contributed by atoms with Crippen LogP contribution in [0.15, 0.2) is 59.5 Å². The Balaban J connectivity index is 1.25. The smallest absolute Gasteiger partial charge is 0.0991 e. The van der Waals surface area contributed by atoms with Crippen LogP contribution in [-0.2, 0) is 13.0 Å². The SMILES string of the molecule is C=C1CN(Sc2ccc(N(C)C)cc2)CCCN(CC2CCCCC2)CCCN(SN2CCc3cc(C#N)ccc3C2)C1. The molecule has 2 aromatic rings. The molecule has 1 saturated heterocycles. The van der Waals surface area contributed by atoms with Gasteiger partial charge in [-0.15, -0.1) is 0 Å². The van der Waals surface area contributed by atoms with Crippen molar-refractivity contribution in [2.75, 3.05) is 71.4 Å². The molecule has 5 rings (SSSR count). The van der Waals surface area contributed by atoms with E-state index in [1.54, 1.807) is 0 Å². The van der Waals surface area contributed by atoms with E-state index in [9.17, 15) is 5.26 Å². The maximum Gasteiger partial charge on any atom is 0.0991 e. The minimum absolute atomic E-state index is 0.771. The Morgan fingerprint density at radius 1 is 0.814 bits per heavy atom. The highest BCUT2D eigenvalue weighted by molar-refractivity contribution is 7.97. The molecule has 2 fully saturated rings. The molecule has 1 aliphatic carbocycles. The van der Waals surface area contributed by atoms with Crippen LogP contribution < -0.4 is 4.90 Å². The molecule has 2 aliphatic heterocycles. The van der Waals surface area contributed by atoms with Gasteiger partial charge in [0.25, 0.3) is 0 Å². The fraction of sp³-hybridized carbons (Fsp3) is 0.571. The topological polar surface area (TPSA) is 40.0 Å². The molecule has 0 N–H and O–H groups in total. The fourth-order valence-electron chi connectivity index (χ4n) is 6.61. The molecular formula is C35H50N6S2. The lowest BCUT2D eigenvalue weighted by atomic mass is 9.89. The molecule has 2 aromatic carbocycles. The van der Waals surface area contributed by atoms with Crippen LogP contribution in [0.5, 0.6) is 0 Å². The summed E-state index contributed by atoms with van der Waals surface area (Å²) in [6, 6.07) is 17.4. The summed E-state index contributed by atoms with van der Waals surface area (Å²) in [6.45, 7) is 14.1. The Morgan fingerprint density at radius 3 is 2.23 bits per heavy atom. The molecule has 0 aromatic heterocycles. The summed E-state index contributed by atoms with van der Waals surface area (Å²) in [5.41, 5.74) is 5.97. The largest absolute Gasteiger partial charge is 0.378 e. The number of anilines is 1. The van der Waals surface area contributed by atoms with E-state index in [4.69, 9.17) is 0 Å². The summed E-state index contributed by atoms with van der Waals surface area (Å²) < 4.78 is 7.61. The molecule has 0 amide bonds. The Kier molecular flexibility index (Phi) is 12.3. The highest BCUT2D eigenvalue weighted by Crippen LogP contribution is 2.30. The summed E-state index contributed by atoms with van der Waals surface area (Å²) in [5, 5.41) is 9.32. The fourth-order valence-corrected chi connectivity index (χ4v) is 8.78. The number of benzene rings is 2. The van der Waals surface area contributed by atoms with Gasteiger partial charge in [0.05, 0.1) is 11.6 Å². The van der Waals surface area contributed by atoms with Gasteiger partial charge >= 0.3 is 0 Å². The van der Waals surface area contributed by atoms with Crippen LogP contribution >= 0.6 is 24.1 Å². The van der Waals surface area contributed by atoms with Crippen LogP contribution in [0.2, 0.25) is 0 Å². The molecule has 6 nitrogen and oxygen atoms in total. The summed E-state index contributed by atoms with van der Waals surface area (Å²) >= 11 is 3.79. The summed E-state index contributed by atoms with van der Waals surface area (Å²) in [6.07, 6.45) is 10.5. The van der Waals surface area contributed by atoms with Crippen molar-refractivity contribution in [3.8, 4) is 6.07 Å². The highest BCUT2D eigenvalue weighted by Gasteiger charge is 2.23. The van der Waals surface area contributed by atoms with Gasteiger partial charge in [-0.05, 0) is 116 Å². The number of fused-ring (bicyclic) bond motifs is 1. The van der Waals surface area contributed by atoms with E-state index in [2.05, 4.69) is 85.9 Å². The third kappa shape index (κ3) is 10.0. The van der Waals surface area contributed by atoms with E-state index in [0.717, 1.165) is 57.2 Å². The normalized spacial score (nSPS) is 21.0. The Hall–Kier alpha value is -1.99. The van der Waals surface area contributed by atoms with Crippen molar-refractivity contribution < 1.29 is 0 Å². The molecule has 0 atom stereocenters. The van der Waals surface area contributed by atoms with Gasteiger partial charge in [0.1, 0.15) is 0 Å². The van der Waals surface area contributed by atoms with Crippen molar-refractivity contribution in [1.29, 1.82) is 5.26 Å². The molecular weight excluding hydrogens is 569 g/mol. The second kappa shape index (κ2) is 16.4. The van der Waals surface area contributed by atoms with Gasteiger partial charge in [0.2, 0.25) is 0 Å². The van der Waals surface area contributed by atoms with Crippen molar-refractivity contribution in [3.05, 3.63) is 71.3 Å². The molecule has 0 unspecified atom stereocenters. The van der Waals surface area contributed by atoms with Gasteiger partial charge < -0.3 is 9.80 Å². The summed E-state index contributed by atoms with van der Waals surface area (Å²) in [4.78, 5) is 6.24. The molecule has 0 bridgehead atoms. The molecule has 0 spiro atoms. The van der Waals surface area contributed by atoms with E-state index in [-0.39, 0.29) is 0 Å². The van der Waals surface area contributed by atoms with E-state index < -0.39 is 0 Å². The predicted octanol–water partition coefficient (Wildman–Crippen LogP) is 7.09. The van der Waals surface area contributed by atoms with Crippen molar-refractivity contribution in [2.45, 2.75) is 62.8 Å². The summed E-state index contributed by atoms with van der Waals surface area (Å²) in [5.74, 6) is 0.877. The monoisotopic (exact) mass is 618 g/mol.